The summed E-state index contributed by atoms with van der Waals surface area (Å²) in [7, 11) is 0. The molecule has 31 heavy (non-hydrogen) atoms. The van der Waals surface area contributed by atoms with Crippen LogP contribution < -0.4 is 15.8 Å². The van der Waals surface area contributed by atoms with Crippen LogP contribution in [0.1, 0.15) is 30.3 Å². The Kier molecular flexibility index (Phi) is 5.41. The highest BCUT2D eigenvalue weighted by Gasteiger charge is 2.35. The lowest BCUT2D eigenvalue weighted by molar-refractivity contribution is -0.122. The van der Waals surface area contributed by atoms with E-state index in [1.165, 1.54) is 10.7 Å². The van der Waals surface area contributed by atoms with Crippen molar-refractivity contribution in [2.45, 2.75) is 33.6 Å². The predicted octanol–water partition coefficient (Wildman–Crippen LogP) is 2.13. The number of nitrogens with zero attached hydrogens (tertiary/aromatic N) is 4. The molecule has 1 aromatic carbocycles. The van der Waals surface area contributed by atoms with Gasteiger partial charge in [-0.25, -0.2) is 4.98 Å². The Labute approximate surface area is 179 Å². The van der Waals surface area contributed by atoms with E-state index < -0.39 is 5.92 Å². The van der Waals surface area contributed by atoms with Gasteiger partial charge in [-0.1, -0.05) is 24.6 Å². The molecule has 0 spiro atoms. The minimum atomic E-state index is -0.494. The van der Waals surface area contributed by atoms with E-state index in [4.69, 9.17) is 0 Å². The van der Waals surface area contributed by atoms with E-state index in [0.29, 0.717) is 30.2 Å². The van der Waals surface area contributed by atoms with E-state index >= 15 is 0 Å². The zero-order chi connectivity index (χ0) is 22.1. The number of H-pyrrole nitrogens is 1. The molecule has 1 aliphatic heterocycles. The highest BCUT2D eigenvalue weighted by molar-refractivity contribution is 6.03. The van der Waals surface area contributed by atoms with Gasteiger partial charge in [0.05, 0.1) is 11.6 Å². The van der Waals surface area contributed by atoms with Crippen molar-refractivity contribution >= 4 is 23.3 Å². The minimum Gasteiger partial charge on any atom is -0.312 e. The highest BCUT2D eigenvalue weighted by Crippen LogP contribution is 2.26. The van der Waals surface area contributed by atoms with Gasteiger partial charge in [-0.3, -0.25) is 19.4 Å². The molecule has 0 aliphatic carbocycles. The maximum atomic E-state index is 13.0. The van der Waals surface area contributed by atoms with Gasteiger partial charge in [-0.2, -0.15) is 9.78 Å². The Morgan fingerprint density at radius 2 is 1.94 bits per heavy atom. The Bertz CT molecular complexity index is 1190. The molecule has 3 aromatic rings. The maximum absolute atomic E-state index is 13.0. The summed E-state index contributed by atoms with van der Waals surface area (Å²) in [5, 5.41) is 7.21. The number of aromatic amines is 1. The van der Waals surface area contributed by atoms with Crippen LogP contribution in [0.2, 0.25) is 0 Å². The fraction of sp³-hybridized carbons (Fsp3) is 0.318. The molecule has 2 aromatic heterocycles. The first-order valence-electron chi connectivity index (χ1n) is 10.2. The molecule has 1 fully saturated rings. The van der Waals surface area contributed by atoms with E-state index in [1.807, 2.05) is 38.1 Å². The molecule has 0 saturated carbocycles. The molecule has 2 N–H and O–H groups in total. The first-order chi connectivity index (χ1) is 14.8. The second-order valence-electron chi connectivity index (χ2n) is 7.73. The molecule has 3 heterocycles. The number of rotatable bonds is 5. The second-order valence-corrected chi connectivity index (χ2v) is 7.73. The molecule has 0 unspecified atom stereocenters. The van der Waals surface area contributed by atoms with E-state index in [0.717, 1.165) is 11.3 Å². The van der Waals surface area contributed by atoms with Crippen LogP contribution in [-0.4, -0.2) is 38.1 Å². The third kappa shape index (κ3) is 4.25. The smallest absolute Gasteiger partial charge is 0.252 e. The van der Waals surface area contributed by atoms with E-state index in [1.54, 1.807) is 17.9 Å². The summed E-state index contributed by atoms with van der Waals surface area (Å²) in [6.07, 6.45) is 0.727. The average molecular weight is 420 g/mol. The monoisotopic (exact) mass is 420 g/mol. The molecule has 4 rings (SSSR count). The van der Waals surface area contributed by atoms with E-state index in [-0.39, 0.29) is 29.7 Å². The summed E-state index contributed by atoms with van der Waals surface area (Å²) in [5.41, 5.74) is 2.88. The Morgan fingerprint density at radius 1 is 1.19 bits per heavy atom. The summed E-state index contributed by atoms with van der Waals surface area (Å²) >= 11 is 0. The summed E-state index contributed by atoms with van der Waals surface area (Å²) in [6, 6.07) is 10.8. The van der Waals surface area contributed by atoms with Crippen LogP contribution in [0.15, 0.2) is 41.2 Å². The standard InChI is InChI=1S/C22H24N6O3/c1-4-16-11-19(29)25-22(23-16)28-18(9-14(3)26-28)24-21(31)15-10-20(30)27(12-15)17-7-5-13(2)6-8-17/h5-9,11,15H,4,10,12H2,1-3H3,(H,24,31)(H,23,25,29)/t15-/m0/s1. The van der Waals surface area contributed by atoms with E-state index in [9.17, 15) is 14.4 Å². The van der Waals surface area contributed by atoms with Gasteiger partial charge in [0.15, 0.2) is 0 Å². The molecule has 1 aliphatic rings. The lowest BCUT2D eigenvalue weighted by atomic mass is 10.1. The SMILES string of the molecule is CCc1cc(=O)[nH]c(-n2nc(C)cc2NC(=O)[C@H]2CC(=O)N(c3ccc(C)cc3)C2)n1. The van der Waals surface area contributed by atoms with Crippen LogP contribution in [0.3, 0.4) is 0 Å². The molecule has 9 nitrogen and oxygen atoms in total. The zero-order valence-electron chi connectivity index (χ0n) is 17.7. The van der Waals surface area contributed by atoms with Crippen molar-refractivity contribution in [3.05, 3.63) is 63.7 Å². The first kappa shape index (κ1) is 20.5. The van der Waals surface area contributed by atoms with Crippen molar-refractivity contribution in [3.8, 4) is 5.95 Å². The second kappa shape index (κ2) is 8.17. The van der Waals surface area contributed by atoms with Gasteiger partial charge in [0, 0.05) is 36.5 Å². The fourth-order valence-electron chi connectivity index (χ4n) is 3.61. The highest BCUT2D eigenvalue weighted by atomic mass is 16.2. The van der Waals surface area contributed by atoms with Gasteiger partial charge in [-0.15, -0.1) is 0 Å². The van der Waals surface area contributed by atoms with Crippen LogP contribution >= 0.6 is 0 Å². The average Bonchev–Trinajstić information content (AvgIpc) is 3.30. The quantitative estimate of drug-likeness (QED) is 0.657. The Morgan fingerprint density at radius 3 is 2.65 bits per heavy atom. The number of aromatic nitrogens is 4. The van der Waals surface area contributed by atoms with Gasteiger partial charge in [-0.05, 0) is 32.4 Å². The molecule has 0 radical (unpaired) electrons. The number of hydrogen-bond donors (Lipinski definition) is 2. The third-order valence-corrected chi connectivity index (χ3v) is 5.27. The Balaban J connectivity index is 1.55. The van der Waals surface area contributed by atoms with Gasteiger partial charge < -0.3 is 10.2 Å². The van der Waals surface area contributed by atoms with Gasteiger partial charge in [0.25, 0.3) is 5.56 Å². The lowest BCUT2D eigenvalue weighted by Gasteiger charge is -2.17. The van der Waals surface area contributed by atoms with Crippen molar-refractivity contribution in [3.63, 3.8) is 0 Å². The van der Waals surface area contributed by atoms with Gasteiger partial charge >= 0.3 is 0 Å². The van der Waals surface area contributed by atoms with Crippen molar-refractivity contribution in [2.75, 3.05) is 16.8 Å². The number of nitrogens with one attached hydrogen (secondary N) is 2. The van der Waals surface area contributed by atoms with Crippen molar-refractivity contribution in [1.82, 2.24) is 19.7 Å². The van der Waals surface area contributed by atoms with Crippen molar-refractivity contribution in [1.29, 1.82) is 0 Å². The van der Waals surface area contributed by atoms with Crippen LogP contribution in [0.5, 0.6) is 0 Å². The molecule has 160 valence electrons. The zero-order valence-corrected chi connectivity index (χ0v) is 17.7. The normalized spacial score (nSPS) is 16.0. The number of hydrogen-bond acceptors (Lipinski definition) is 5. The lowest BCUT2D eigenvalue weighted by Crippen LogP contribution is -2.29. The molecule has 1 atom stereocenters. The minimum absolute atomic E-state index is 0.0877. The number of aryl methyl sites for hydroxylation is 3. The predicted molar refractivity (Wildman–Crippen MR) is 116 cm³/mol. The van der Waals surface area contributed by atoms with Crippen LogP contribution in [0.4, 0.5) is 11.5 Å². The summed E-state index contributed by atoms with van der Waals surface area (Å²) in [4.78, 5) is 46.1. The number of amides is 2. The number of carbonyl (C=O) groups excluding carboxylic acids is 2. The summed E-state index contributed by atoms with van der Waals surface area (Å²) in [5.74, 6) is -0.239. The maximum Gasteiger partial charge on any atom is 0.252 e. The van der Waals surface area contributed by atoms with Gasteiger partial charge in [0.1, 0.15) is 5.82 Å². The first-order valence-corrected chi connectivity index (χ1v) is 10.2. The Hall–Kier alpha value is -3.75. The van der Waals surface area contributed by atoms with Crippen LogP contribution in [0.25, 0.3) is 5.95 Å². The summed E-state index contributed by atoms with van der Waals surface area (Å²) < 4.78 is 1.41. The number of anilines is 2. The molecule has 2 amide bonds. The largest absolute Gasteiger partial charge is 0.312 e. The molecule has 9 heteroatoms. The summed E-state index contributed by atoms with van der Waals surface area (Å²) in [6.45, 7) is 5.97. The van der Waals surface area contributed by atoms with Crippen LogP contribution in [-0.2, 0) is 16.0 Å². The number of carbonyl (C=O) groups is 2. The van der Waals surface area contributed by atoms with E-state index in [2.05, 4.69) is 20.4 Å². The van der Waals surface area contributed by atoms with Crippen molar-refractivity contribution < 1.29 is 9.59 Å². The topological polar surface area (TPSA) is 113 Å². The molecule has 1 saturated heterocycles. The molecular formula is C22H24N6O3. The van der Waals surface area contributed by atoms with Crippen molar-refractivity contribution in [2.24, 2.45) is 5.92 Å². The molecule has 0 bridgehead atoms. The molecular weight excluding hydrogens is 396 g/mol. The third-order valence-electron chi connectivity index (χ3n) is 5.27. The fourth-order valence-corrected chi connectivity index (χ4v) is 3.61. The van der Waals surface area contributed by atoms with Gasteiger partial charge in [0.2, 0.25) is 17.8 Å². The number of benzene rings is 1. The van der Waals surface area contributed by atoms with Crippen LogP contribution in [0, 0.1) is 19.8 Å².